The number of amides is 1. The minimum Gasteiger partial charge on any atom is -0.469 e. The molecular formula is C13H18N2O3. The molecule has 0 saturated carbocycles. The molecule has 0 aliphatic rings. The van der Waals surface area contributed by atoms with Gasteiger partial charge in [0.15, 0.2) is 0 Å². The Labute approximate surface area is 107 Å². The lowest BCUT2D eigenvalue weighted by Crippen LogP contribution is -2.35. The highest BCUT2D eigenvalue weighted by atomic mass is 16.5. The van der Waals surface area contributed by atoms with Crippen molar-refractivity contribution < 1.29 is 14.3 Å². The van der Waals surface area contributed by atoms with Crippen LogP contribution in [0.1, 0.15) is 11.5 Å². The van der Waals surface area contributed by atoms with E-state index in [1.165, 1.54) is 7.11 Å². The van der Waals surface area contributed by atoms with Gasteiger partial charge >= 0.3 is 5.97 Å². The first-order valence-corrected chi connectivity index (χ1v) is 5.64. The molecule has 0 radical (unpaired) electrons. The number of primary amides is 1. The van der Waals surface area contributed by atoms with E-state index in [0.717, 1.165) is 5.56 Å². The van der Waals surface area contributed by atoms with E-state index < -0.39 is 11.8 Å². The van der Waals surface area contributed by atoms with Crippen molar-refractivity contribution in [1.29, 1.82) is 0 Å². The van der Waals surface area contributed by atoms with Gasteiger partial charge in [0.2, 0.25) is 5.91 Å². The van der Waals surface area contributed by atoms with Crippen molar-refractivity contribution in [3.8, 4) is 0 Å². The van der Waals surface area contributed by atoms with Crippen LogP contribution in [0.5, 0.6) is 0 Å². The summed E-state index contributed by atoms with van der Waals surface area (Å²) < 4.78 is 4.79. The number of carbonyl (C=O) groups is 2. The van der Waals surface area contributed by atoms with E-state index in [0.29, 0.717) is 6.54 Å². The third-order valence-electron chi connectivity index (χ3n) is 2.61. The molecule has 0 aliphatic carbocycles. The zero-order valence-corrected chi connectivity index (χ0v) is 10.6. The van der Waals surface area contributed by atoms with Crippen LogP contribution in [0.4, 0.5) is 0 Å². The summed E-state index contributed by atoms with van der Waals surface area (Å²) in [7, 11) is 3.09. The summed E-state index contributed by atoms with van der Waals surface area (Å²) >= 11 is 0. The van der Waals surface area contributed by atoms with Gasteiger partial charge in [-0.2, -0.15) is 0 Å². The predicted molar refractivity (Wildman–Crippen MR) is 67.9 cm³/mol. The number of likely N-dealkylation sites (N-methyl/N-ethyl adjacent to an activating group) is 1. The highest BCUT2D eigenvalue weighted by Crippen LogP contribution is 2.18. The van der Waals surface area contributed by atoms with Crippen LogP contribution in [0.2, 0.25) is 0 Å². The largest absolute Gasteiger partial charge is 0.469 e. The number of carbonyl (C=O) groups excluding carboxylic acids is 2. The van der Waals surface area contributed by atoms with Crippen molar-refractivity contribution in [2.45, 2.75) is 5.92 Å². The Morgan fingerprint density at radius 2 is 1.94 bits per heavy atom. The maximum atomic E-state index is 11.8. The van der Waals surface area contributed by atoms with Crippen LogP contribution >= 0.6 is 0 Å². The van der Waals surface area contributed by atoms with Crippen molar-refractivity contribution in [2.75, 3.05) is 27.2 Å². The number of rotatable bonds is 6. The highest BCUT2D eigenvalue weighted by molar-refractivity contribution is 5.79. The predicted octanol–water partition coefficient (Wildman–Crippen LogP) is 0.360. The Balaban J connectivity index is 2.80. The summed E-state index contributed by atoms with van der Waals surface area (Å²) in [5, 5.41) is 0. The van der Waals surface area contributed by atoms with Crippen LogP contribution in [-0.2, 0) is 14.3 Å². The molecule has 2 N–H and O–H groups in total. The van der Waals surface area contributed by atoms with Gasteiger partial charge in [-0.1, -0.05) is 30.3 Å². The number of hydrogen-bond acceptors (Lipinski definition) is 4. The van der Waals surface area contributed by atoms with E-state index in [-0.39, 0.29) is 12.5 Å². The minimum atomic E-state index is -0.422. The van der Waals surface area contributed by atoms with Crippen molar-refractivity contribution >= 4 is 11.9 Å². The van der Waals surface area contributed by atoms with Crippen LogP contribution in [0, 0.1) is 0 Å². The third kappa shape index (κ3) is 4.18. The maximum Gasteiger partial charge on any atom is 0.314 e. The molecule has 0 aromatic heterocycles. The Hall–Kier alpha value is -1.88. The van der Waals surface area contributed by atoms with Gasteiger partial charge in [0.1, 0.15) is 0 Å². The van der Waals surface area contributed by atoms with Crippen LogP contribution in [-0.4, -0.2) is 44.0 Å². The first-order valence-electron chi connectivity index (χ1n) is 5.64. The monoisotopic (exact) mass is 250 g/mol. The molecule has 1 rings (SSSR count). The lowest BCUT2D eigenvalue weighted by atomic mass is 9.99. The first-order chi connectivity index (χ1) is 8.54. The number of esters is 1. The van der Waals surface area contributed by atoms with Gasteiger partial charge in [0, 0.05) is 6.54 Å². The van der Waals surface area contributed by atoms with E-state index in [9.17, 15) is 9.59 Å². The van der Waals surface area contributed by atoms with E-state index in [1.54, 1.807) is 11.9 Å². The van der Waals surface area contributed by atoms with E-state index in [4.69, 9.17) is 10.5 Å². The fourth-order valence-electron chi connectivity index (χ4n) is 1.79. The van der Waals surface area contributed by atoms with E-state index >= 15 is 0 Å². The zero-order valence-electron chi connectivity index (χ0n) is 10.6. The molecular weight excluding hydrogens is 232 g/mol. The molecule has 18 heavy (non-hydrogen) atoms. The maximum absolute atomic E-state index is 11.8. The summed E-state index contributed by atoms with van der Waals surface area (Å²) in [5.41, 5.74) is 5.98. The van der Waals surface area contributed by atoms with Gasteiger partial charge in [-0.25, -0.2) is 0 Å². The molecule has 1 amide bonds. The molecule has 0 spiro atoms. The zero-order chi connectivity index (χ0) is 13.5. The van der Waals surface area contributed by atoms with Crippen LogP contribution in [0.25, 0.3) is 0 Å². The van der Waals surface area contributed by atoms with Gasteiger partial charge in [-0.05, 0) is 12.6 Å². The molecule has 0 aliphatic heterocycles. The summed E-state index contributed by atoms with van der Waals surface area (Å²) in [5.74, 6) is -1.16. The van der Waals surface area contributed by atoms with Crippen LogP contribution in [0.15, 0.2) is 30.3 Å². The number of benzene rings is 1. The average molecular weight is 250 g/mol. The van der Waals surface area contributed by atoms with Gasteiger partial charge < -0.3 is 10.5 Å². The highest BCUT2D eigenvalue weighted by Gasteiger charge is 2.23. The molecule has 98 valence electrons. The summed E-state index contributed by atoms with van der Waals surface area (Å²) in [6.45, 7) is 0.500. The first kappa shape index (κ1) is 14.2. The molecule has 0 fully saturated rings. The van der Waals surface area contributed by atoms with Crippen molar-refractivity contribution in [3.05, 3.63) is 35.9 Å². The molecule has 0 heterocycles. The second-order valence-corrected chi connectivity index (χ2v) is 4.15. The normalized spacial score (nSPS) is 12.2. The van der Waals surface area contributed by atoms with Crippen molar-refractivity contribution in [2.24, 2.45) is 5.73 Å². The minimum absolute atomic E-state index is 0.111. The molecule has 5 heteroatoms. The molecule has 1 atom stereocenters. The third-order valence-corrected chi connectivity index (χ3v) is 2.61. The number of nitrogens with zero attached hydrogens (tertiary/aromatic N) is 1. The van der Waals surface area contributed by atoms with Gasteiger partial charge in [-0.15, -0.1) is 0 Å². The number of nitrogens with two attached hydrogens (primary N) is 1. The van der Waals surface area contributed by atoms with Crippen molar-refractivity contribution in [1.82, 2.24) is 4.90 Å². The Morgan fingerprint density at radius 3 is 2.44 bits per heavy atom. The van der Waals surface area contributed by atoms with E-state index in [2.05, 4.69) is 0 Å². The fraction of sp³-hybridized carbons (Fsp3) is 0.385. The lowest BCUT2D eigenvalue weighted by molar-refractivity contribution is -0.143. The standard InChI is InChI=1S/C13H18N2O3/c1-15(9-12(14)16)8-11(13(17)18-2)10-6-4-3-5-7-10/h3-7,11H,8-9H2,1-2H3,(H2,14,16). The molecule has 0 saturated heterocycles. The van der Waals surface area contributed by atoms with Gasteiger partial charge in [0.25, 0.3) is 0 Å². The second kappa shape index (κ2) is 6.76. The van der Waals surface area contributed by atoms with Crippen molar-refractivity contribution in [3.63, 3.8) is 0 Å². The molecule has 0 bridgehead atoms. The van der Waals surface area contributed by atoms with Crippen LogP contribution in [0.3, 0.4) is 0 Å². The van der Waals surface area contributed by atoms with Crippen LogP contribution < -0.4 is 5.73 Å². The summed E-state index contributed by atoms with van der Waals surface area (Å²) in [6.07, 6.45) is 0. The average Bonchev–Trinajstić information content (AvgIpc) is 2.35. The number of ether oxygens (including phenoxy) is 1. The molecule has 5 nitrogen and oxygen atoms in total. The smallest absolute Gasteiger partial charge is 0.314 e. The van der Waals surface area contributed by atoms with E-state index in [1.807, 2.05) is 30.3 Å². The summed E-state index contributed by atoms with van der Waals surface area (Å²) in [6, 6.07) is 9.32. The van der Waals surface area contributed by atoms with Gasteiger partial charge in [-0.3, -0.25) is 14.5 Å². The topological polar surface area (TPSA) is 72.6 Å². The molecule has 1 unspecified atom stereocenters. The van der Waals surface area contributed by atoms with Gasteiger partial charge in [0.05, 0.1) is 19.6 Å². The summed E-state index contributed by atoms with van der Waals surface area (Å²) in [4.78, 5) is 24.3. The quantitative estimate of drug-likeness (QED) is 0.740. The Kier molecular flexibility index (Phi) is 5.32. The lowest BCUT2D eigenvalue weighted by Gasteiger charge is -2.21. The number of methoxy groups -OCH3 is 1. The SMILES string of the molecule is COC(=O)C(CN(C)CC(N)=O)c1ccccc1. The Bertz CT molecular complexity index is 406. The fourth-order valence-corrected chi connectivity index (χ4v) is 1.79. The number of hydrogen-bond donors (Lipinski definition) is 1. The Morgan fingerprint density at radius 1 is 1.33 bits per heavy atom. The molecule has 1 aromatic rings. The second-order valence-electron chi connectivity index (χ2n) is 4.15. The molecule has 1 aromatic carbocycles.